The molecular weight excluding hydrogens is 216 g/mol. The van der Waals surface area contributed by atoms with Crippen molar-refractivity contribution in [3.05, 3.63) is 24.0 Å². The molecule has 1 aromatic rings. The summed E-state index contributed by atoms with van der Waals surface area (Å²) in [5, 5.41) is 9.81. The number of carbonyl (C=O) groups excluding carboxylic acids is 1. The number of aryl methyl sites for hydroxylation is 1. The highest BCUT2D eigenvalue weighted by Crippen LogP contribution is 2.18. The summed E-state index contributed by atoms with van der Waals surface area (Å²) in [6, 6.07) is 1.92. The number of nitrogens with zero attached hydrogens (tertiary/aromatic N) is 2. The minimum atomic E-state index is -0.384. The summed E-state index contributed by atoms with van der Waals surface area (Å²) in [6.45, 7) is 2.71. The first-order valence-electron chi connectivity index (χ1n) is 6.08. The molecule has 1 amide bonds. The van der Waals surface area contributed by atoms with Crippen molar-refractivity contribution in [2.75, 3.05) is 14.1 Å². The van der Waals surface area contributed by atoms with Gasteiger partial charge in [-0.1, -0.05) is 13.3 Å². The average Bonchev–Trinajstić information content (AvgIpc) is 2.74. The van der Waals surface area contributed by atoms with Crippen LogP contribution in [0.1, 0.15) is 37.9 Å². The Labute approximate surface area is 103 Å². The van der Waals surface area contributed by atoms with E-state index in [2.05, 4.69) is 6.92 Å². The Kier molecular flexibility index (Phi) is 5.22. The molecule has 0 aliphatic carbocycles. The Hall–Kier alpha value is -1.29. The van der Waals surface area contributed by atoms with Crippen molar-refractivity contribution in [3.63, 3.8) is 0 Å². The second-order valence-corrected chi connectivity index (χ2v) is 4.53. The van der Waals surface area contributed by atoms with Gasteiger partial charge in [-0.05, 0) is 18.1 Å². The largest absolute Gasteiger partial charge is 0.388 e. The van der Waals surface area contributed by atoms with Gasteiger partial charge in [-0.3, -0.25) is 4.79 Å². The molecule has 0 saturated carbocycles. The molecule has 1 aromatic heterocycles. The first-order valence-corrected chi connectivity index (χ1v) is 6.08. The van der Waals surface area contributed by atoms with E-state index in [4.69, 9.17) is 0 Å². The molecule has 96 valence electrons. The van der Waals surface area contributed by atoms with Crippen molar-refractivity contribution in [1.29, 1.82) is 0 Å². The van der Waals surface area contributed by atoms with E-state index in [9.17, 15) is 9.90 Å². The van der Waals surface area contributed by atoms with E-state index in [0.29, 0.717) is 13.0 Å². The van der Waals surface area contributed by atoms with E-state index in [1.165, 1.54) is 0 Å². The summed E-state index contributed by atoms with van der Waals surface area (Å²) in [4.78, 5) is 13.0. The lowest BCUT2D eigenvalue weighted by Crippen LogP contribution is -2.22. The molecule has 0 fully saturated rings. The first kappa shape index (κ1) is 13.8. The number of carbonyl (C=O) groups is 1. The Morgan fingerprint density at radius 2 is 2.24 bits per heavy atom. The number of aliphatic hydroxyl groups is 1. The van der Waals surface area contributed by atoms with Crippen LogP contribution in [0.25, 0.3) is 0 Å². The lowest BCUT2D eigenvalue weighted by molar-refractivity contribution is -0.128. The highest BCUT2D eigenvalue weighted by atomic mass is 16.3. The predicted octanol–water partition coefficient (Wildman–Crippen LogP) is 1.80. The van der Waals surface area contributed by atoms with Crippen molar-refractivity contribution < 1.29 is 9.90 Å². The van der Waals surface area contributed by atoms with Crippen molar-refractivity contribution in [1.82, 2.24) is 9.47 Å². The number of aromatic nitrogens is 1. The number of amides is 1. The zero-order valence-corrected chi connectivity index (χ0v) is 10.9. The van der Waals surface area contributed by atoms with Crippen LogP contribution in [-0.2, 0) is 11.3 Å². The van der Waals surface area contributed by atoms with Gasteiger partial charge < -0.3 is 14.6 Å². The van der Waals surface area contributed by atoms with Crippen LogP contribution in [0.15, 0.2) is 18.5 Å². The Balaban J connectivity index is 2.48. The van der Waals surface area contributed by atoms with Gasteiger partial charge in [0.2, 0.25) is 5.91 Å². The lowest BCUT2D eigenvalue weighted by atomic mass is 10.1. The molecule has 1 rings (SSSR count). The summed E-state index contributed by atoms with van der Waals surface area (Å²) >= 11 is 0. The van der Waals surface area contributed by atoms with E-state index >= 15 is 0 Å². The van der Waals surface area contributed by atoms with Crippen molar-refractivity contribution in [3.8, 4) is 0 Å². The van der Waals surface area contributed by atoms with Gasteiger partial charge in [-0.25, -0.2) is 0 Å². The molecule has 0 aliphatic rings. The smallest absolute Gasteiger partial charge is 0.223 e. The highest BCUT2D eigenvalue weighted by Gasteiger charge is 2.09. The Bertz CT molecular complexity index is 358. The topological polar surface area (TPSA) is 45.5 Å². The summed E-state index contributed by atoms with van der Waals surface area (Å²) in [6.07, 6.45) is 5.68. The number of rotatable bonds is 6. The number of hydrogen-bond donors (Lipinski definition) is 1. The van der Waals surface area contributed by atoms with Gasteiger partial charge in [0.1, 0.15) is 0 Å². The van der Waals surface area contributed by atoms with Crippen molar-refractivity contribution in [2.24, 2.45) is 0 Å². The molecule has 1 atom stereocenters. The number of aliphatic hydroxyl groups excluding tert-OH is 1. The van der Waals surface area contributed by atoms with Crippen LogP contribution >= 0.6 is 0 Å². The van der Waals surface area contributed by atoms with Gasteiger partial charge in [-0.15, -0.1) is 0 Å². The van der Waals surface area contributed by atoms with Gasteiger partial charge in [0.15, 0.2) is 0 Å². The van der Waals surface area contributed by atoms with Crippen LogP contribution in [0.5, 0.6) is 0 Å². The monoisotopic (exact) mass is 238 g/mol. The third-order valence-corrected chi connectivity index (χ3v) is 2.80. The molecule has 0 aliphatic heterocycles. The van der Waals surface area contributed by atoms with Gasteiger partial charge in [0.05, 0.1) is 6.10 Å². The number of hydrogen-bond acceptors (Lipinski definition) is 2. The molecule has 0 saturated heterocycles. The summed E-state index contributed by atoms with van der Waals surface area (Å²) in [5.41, 5.74) is 0.934. The Morgan fingerprint density at radius 1 is 1.53 bits per heavy atom. The molecule has 1 unspecified atom stereocenters. The van der Waals surface area contributed by atoms with Crippen LogP contribution in [0.3, 0.4) is 0 Å². The van der Waals surface area contributed by atoms with Gasteiger partial charge in [0, 0.05) is 39.5 Å². The second-order valence-electron chi connectivity index (χ2n) is 4.53. The lowest BCUT2D eigenvalue weighted by Gasteiger charge is -2.10. The zero-order valence-electron chi connectivity index (χ0n) is 10.9. The van der Waals surface area contributed by atoms with E-state index in [1.807, 2.05) is 23.0 Å². The maximum atomic E-state index is 11.4. The molecule has 1 heterocycles. The molecule has 4 heteroatoms. The minimum absolute atomic E-state index is 0.120. The van der Waals surface area contributed by atoms with Crippen LogP contribution in [-0.4, -0.2) is 34.6 Å². The third kappa shape index (κ3) is 4.23. The van der Waals surface area contributed by atoms with Crippen molar-refractivity contribution in [2.45, 2.75) is 38.8 Å². The predicted molar refractivity (Wildman–Crippen MR) is 67.6 cm³/mol. The molecule has 0 aromatic carbocycles. The third-order valence-electron chi connectivity index (χ3n) is 2.80. The quantitative estimate of drug-likeness (QED) is 0.821. The first-order chi connectivity index (χ1) is 8.04. The molecule has 17 heavy (non-hydrogen) atoms. The van der Waals surface area contributed by atoms with Gasteiger partial charge in [0.25, 0.3) is 0 Å². The van der Waals surface area contributed by atoms with E-state index in [1.54, 1.807) is 19.0 Å². The van der Waals surface area contributed by atoms with Crippen LogP contribution < -0.4 is 0 Å². The van der Waals surface area contributed by atoms with Gasteiger partial charge in [-0.2, -0.15) is 0 Å². The fraction of sp³-hybridized carbons (Fsp3) is 0.615. The zero-order chi connectivity index (χ0) is 12.8. The summed E-state index contributed by atoms with van der Waals surface area (Å²) in [7, 11) is 3.52. The van der Waals surface area contributed by atoms with E-state index in [0.717, 1.165) is 18.4 Å². The molecule has 0 bridgehead atoms. The minimum Gasteiger partial charge on any atom is -0.388 e. The van der Waals surface area contributed by atoms with E-state index in [-0.39, 0.29) is 12.0 Å². The maximum Gasteiger partial charge on any atom is 0.223 e. The van der Waals surface area contributed by atoms with Crippen LogP contribution in [0, 0.1) is 0 Å². The molecule has 4 nitrogen and oxygen atoms in total. The molecule has 1 N–H and O–H groups in total. The van der Waals surface area contributed by atoms with Crippen LogP contribution in [0.2, 0.25) is 0 Å². The standard InChI is InChI=1S/C13H22N2O2/c1-4-5-12(16)11-6-8-15(10-11)9-7-13(17)14(2)3/h6,8,10,12,16H,4-5,7,9H2,1-3H3. The van der Waals surface area contributed by atoms with Crippen LogP contribution in [0.4, 0.5) is 0 Å². The molecule has 0 radical (unpaired) electrons. The Morgan fingerprint density at radius 3 is 2.82 bits per heavy atom. The highest BCUT2D eigenvalue weighted by molar-refractivity contribution is 5.75. The maximum absolute atomic E-state index is 11.4. The molecular formula is C13H22N2O2. The van der Waals surface area contributed by atoms with Gasteiger partial charge >= 0.3 is 0 Å². The SMILES string of the molecule is CCCC(O)c1ccn(CCC(=O)N(C)C)c1. The average molecular weight is 238 g/mol. The second kappa shape index (κ2) is 6.45. The normalized spacial score (nSPS) is 12.5. The summed E-state index contributed by atoms with van der Waals surface area (Å²) < 4.78 is 1.95. The van der Waals surface area contributed by atoms with E-state index < -0.39 is 0 Å². The summed E-state index contributed by atoms with van der Waals surface area (Å²) in [5.74, 6) is 0.120. The molecule has 0 spiro atoms. The van der Waals surface area contributed by atoms with Crippen molar-refractivity contribution >= 4 is 5.91 Å². The fourth-order valence-corrected chi connectivity index (χ4v) is 1.68. The fourth-order valence-electron chi connectivity index (χ4n) is 1.68.